The summed E-state index contributed by atoms with van der Waals surface area (Å²) in [6, 6.07) is -0.123. The van der Waals surface area contributed by atoms with Crippen LogP contribution in [0.15, 0.2) is 0 Å². The van der Waals surface area contributed by atoms with E-state index in [0.717, 1.165) is 6.42 Å². The van der Waals surface area contributed by atoms with Crippen LogP contribution in [-0.4, -0.2) is 50.6 Å². The van der Waals surface area contributed by atoms with Crippen molar-refractivity contribution in [1.29, 1.82) is 0 Å². The van der Waals surface area contributed by atoms with E-state index in [1.165, 1.54) is 7.11 Å². The Morgan fingerprint density at radius 1 is 1.38 bits per heavy atom. The first kappa shape index (κ1) is 14.9. The van der Waals surface area contributed by atoms with Crippen molar-refractivity contribution in [2.45, 2.75) is 32.2 Å². The summed E-state index contributed by atoms with van der Waals surface area (Å²) in [5.74, 6) is -0.316. The molecule has 0 aromatic carbocycles. The third kappa shape index (κ3) is 7.23. The van der Waals surface area contributed by atoms with Gasteiger partial charge >= 0.3 is 5.97 Å². The van der Waals surface area contributed by atoms with E-state index in [1.54, 1.807) is 0 Å². The summed E-state index contributed by atoms with van der Waals surface area (Å²) < 4.78 is 4.56. The summed E-state index contributed by atoms with van der Waals surface area (Å²) in [7, 11) is 5.18. The normalized spacial score (nSPS) is 12.3. The molecule has 0 saturated heterocycles. The number of hydrogen-bond donors (Lipinski definition) is 1. The van der Waals surface area contributed by atoms with E-state index in [4.69, 9.17) is 0 Å². The Kier molecular flexibility index (Phi) is 7.54. The molecular weight excluding hydrogens is 208 g/mol. The van der Waals surface area contributed by atoms with Gasteiger partial charge in [0.05, 0.1) is 13.5 Å². The van der Waals surface area contributed by atoms with Gasteiger partial charge in [0.2, 0.25) is 5.91 Å². The Bertz CT molecular complexity index is 229. The van der Waals surface area contributed by atoms with Crippen LogP contribution in [0.5, 0.6) is 0 Å². The van der Waals surface area contributed by atoms with E-state index in [1.807, 2.05) is 25.9 Å². The molecule has 0 heterocycles. The number of rotatable bonds is 7. The van der Waals surface area contributed by atoms with Crippen LogP contribution in [0.2, 0.25) is 0 Å². The lowest BCUT2D eigenvalue weighted by Crippen LogP contribution is -2.37. The number of nitrogens with zero attached hydrogens (tertiary/aromatic N) is 1. The predicted octanol–water partition coefficient (Wildman–Crippen LogP) is 0.396. The quantitative estimate of drug-likeness (QED) is 0.643. The standard InChI is InChI=1S/C11H22N2O3/c1-5-9(8-11(15)16-4)12-10(14)6-7-13(2)3/h9H,5-8H2,1-4H3,(H,12,14). The molecule has 0 aromatic rings. The van der Waals surface area contributed by atoms with Crippen molar-refractivity contribution in [3.8, 4) is 0 Å². The van der Waals surface area contributed by atoms with Gasteiger partial charge in [-0.25, -0.2) is 0 Å². The Balaban J connectivity index is 3.92. The average molecular weight is 230 g/mol. The molecule has 16 heavy (non-hydrogen) atoms. The van der Waals surface area contributed by atoms with Crippen LogP contribution in [0.25, 0.3) is 0 Å². The zero-order valence-electron chi connectivity index (χ0n) is 10.6. The molecule has 1 atom stereocenters. The second kappa shape index (κ2) is 8.10. The Hall–Kier alpha value is -1.10. The van der Waals surface area contributed by atoms with E-state index in [9.17, 15) is 9.59 Å². The molecule has 0 aliphatic carbocycles. The van der Waals surface area contributed by atoms with Crippen molar-refractivity contribution in [2.75, 3.05) is 27.7 Å². The van der Waals surface area contributed by atoms with E-state index >= 15 is 0 Å². The van der Waals surface area contributed by atoms with Gasteiger partial charge < -0.3 is 15.0 Å². The number of hydrogen-bond acceptors (Lipinski definition) is 4. The lowest BCUT2D eigenvalue weighted by atomic mass is 10.1. The lowest BCUT2D eigenvalue weighted by molar-refractivity contribution is -0.141. The maximum Gasteiger partial charge on any atom is 0.307 e. The molecule has 0 bridgehead atoms. The molecule has 0 fully saturated rings. The molecule has 1 N–H and O–H groups in total. The summed E-state index contributed by atoms with van der Waals surface area (Å²) in [4.78, 5) is 24.5. The van der Waals surface area contributed by atoms with Crippen LogP contribution in [0, 0.1) is 0 Å². The van der Waals surface area contributed by atoms with E-state index in [-0.39, 0.29) is 24.3 Å². The smallest absolute Gasteiger partial charge is 0.307 e. The van der Waals surface area contributed by atoms with Crippen molar-refractivity contribution in [2.24, 2.45) is 0 Å². The van der Waals surface area contributed by atoms with Crippen LogP contribution in [0.3, 0.4) is 0 Å². The van der Waals surface area contributed by atoms with Crippen molar-refractivity contribution in [3.05, 3.63) is 0 Å². The summed E-state index contributed by atoms with van der Waals surface area (Å²) in [6.07, 6.45) is 1.41. The fourth-order valence-corrected chi connectivity index (χ4v) is 1.21. The number of carbonyl (C=O) groups is 2. The first-order chi connectivity index (χ1) is 7.49. The highest BCUT2D eigenvalue weighted by Gasteiger charge is 2.14. The molecule has 0 radical (unpaired) electrons. The highest BCUT2D eigenvalue weighted by atomic mass is 16.5. The fraction of sp³-hybridized carbons (Fsp3) is 0.818. The minimum absolute atomic E-state index is 0.0237. The number of ether oxygens (including phenoxy) is 1. The zero-order chi connectivity index (χ0) is 12.6. The van der Waals surface area contributed by atoms with Crippen LogP contribution >= 0.6 is 0 Å². The minimum atomic E-state index is -0.292. The minimum Gasteiger partial charge on any atom is -0.469 e. The van der Waals surface area contributed by atoms with Gasteiger partial charge in [-0.05, 0) is 20.5 Å². The lowest BCUT2D eigenvalue weighted by Gasteiger charge is -2.16. The van der Waals surface area contributed by atoms with Gasteiger partial charge in [0.25, 0.3) is 0 Å². The van der Waals surface area contributed by atoms with Crippen molar-refractivity contribution in [3.63, 3.8) is 0 Å². The first-order valence-electron chi connectivity index (χ1n) is 5.50. The van der Waals surface area contributed by atoms with Gasteiger partial charge in [0, 0.05) is 19.0 Å². The molecule has 1 amide bonds. The number of methoxy groups -OCH3 is 1. The van der Waals surface area contributed by atoms with Gasteiger partial charge in [0.1, 0.15) is 0 Å². The summed E-state index contributed by atoms with van der Waals surface area (Å²) in [5, 5.41) is 2.82. The topological polar surface area (TPSA) is 58.6 Å². The molecule has 0 aromatic heterocycles. The number of nitrogens with one attached hydrogen (secondary N) is 1. The maximum atomic E-state index is 11.5. The maximum absolute atomic E-state index is 11.5. The molecule has 0 rings (SSSR count). The van der Waals surface area contributed by atoms with Crippen molar-refractivity contribution >= 4 is 11.9 Å². The molecular formula is C11H22N2O3. The molecule has 5 nitrogen and oxygen atoms in total. The number of carbonyl (C=O) groups excluding carboxylic acids is 2. The third-order valence-corrected chi connectivity index (χ3v) is 2.28. The van der Waals surface area contributed by atoms with E-state index < -0.39 is 0 Å². The van der Waals surface area contributed by atoms with Crippen LogP contribution < -0.4 is 5.32 Å². The third-order valence-electron chi connectivity index (χ3n) is 2.28. The SMILES string of the molecule is CCC(CC(=O)OC)NC(=O)CCN(C)C. The average Bonchev–Trinajstić information content (AvgIpc) is 2.25. The van der Waals surface area contributed by atoms with Crippen molar-refractivity contribution < 1.29 is 14.3 Å². The monoisotopic (exact) mass is 230 g/mol. The Morgan fingerprint density at radius 3 is 2.44 bits per heavy atom. The predicted molar refractivity (Wildman–Crippen MR) is 62.0 cm³/mol. The Morgan fingerprint density at radius 2 is 2.00 bits per heavy atom. The molecule has 94 valence electrons. The van der Waals surface area contributed by atoms with Gasteiger partial charge in [-0.1, -0.05) is 6.92 Å². The molecule has 0 saturated carbocycles. The molecule has 5 heteroatoms. The van der Waals surface area contributed by atoms with Crippen LogP contribution in [0.4, 0.5) is 0 Å². The first-order valence-corrected chi connectivity index (χ1v) is 5.50. The van der Waals surface area contributed by atoms with E-state index in [0.29, 0.717) is 13.0 Å². The highest BCUT2D eigenvalue weighted by molar-refractivity contribution is 5.77. The van der Waals surface area contributed by atoms with Gasteiger partial charge in [-0.3, -0.25) is 9.59 Å². The number of esters is 1. The van der Waals surface area contributed by atoms with Gasteiger partial charge in [-0.2, -0.15) is 0 Å². The largest absolute Gasteiger partial charge is 0.469 e. The molecule has 1 unspecified atom stereocenters. The summed E-state index contributed by atoms with van der Waals surface area (Å²) in [5.41, 5.74) is 0. The van der Waals surface area contributed by atoms with Crippen LogP contribution in [-0.2, 0) is 14.3 Å². The highest BCUT2D eigenvalue weighted by Crippen LogP contribution is 2.00. The zero-order valence-corrected chi connectivity index (χ0v) is 10.6. The van der Waals surface area contributed by atoms with E-state index in [2.05, 4.69) is 10.1 Å². The van der Waals surface area contributed by atoms with Gasteiger partial charge in [0.15, 0.2) is 0 Å². The molecule has 0 spiro atoms. The van der Waals surface area contributed by atoms with Gasteiger partial charge in [-0.15, -0.1) is 0 Å². The second-order valence-electron chi connectivity index (χ2n) is 4.01. The fourth-order valence-electron chi connectivity index (χ4n) is 1.21. The van der Waals surface area contributed by atoms with Crippen molar-refractivity contribution in [1.82, 2.24) is 10.2 Å². The summed E-state index contributed by atoms with van der Waals surface area (Å²) in [6.45, 7) is 2.64. The Labute approximate surface area is 97.1 Å². The van der Waals surface area contributed by atoms with Crippen LogP contribution in [0.1, 0.15) is 26.2 Å². The number of amides is 1. The molecule has 0 aliphatic rings. The summed E-state index contributed by atoms with van der Waals surface area (Å²) >= 11 is 0. The second-order valence-corrected chi connectivity index (χ2v) is 4.01. The molecule has 0 aliphatic heterocycles.